The van der Waals surface area contributed by atoms with Crippen molar-refractivity contribution in [2.24, 2.45) is 0 Å². The molecular weight excluding hydrogens is 945 g/mol. The van der Waals surface area contributed by atoms with E-state index in [0.29, 0.717) is 13.0 Å². The first kappa shape index (κ1) is 68.8. The number of rotatable bonds is 51. The number of hydrogen-bond donors (Lipinski definition) is 7. The summed E-state index contributed by atoms with van der Waals surface area (Å²) in [5.41, 5.74) is 0. The number of carbonyl (C=O) groups excluding carboxylic acids is 1. The van der Waals surface area contributed by atoms with Crippen LogP contribution in [0.15, 0.2) is 12.2 Å². The van der Waals surface area contributed by atoms with Crippen LogP contribution in [0.1, 0.15) is 264 Å². The van der Waals surface area contributed by atoms with Gasteiger partial charge < -0.3 is 64.2 Å². The molecule has 0 saturated carbocycles. The van der Waals surface area contributed by atoms with Gasteiger partial charge in [-0.05, 0) is 38.5 Å². The molecule has 0 aromatic carbocycles. The Morgan fingerprint density at radius 3 is 1.23 bits per heavy atom. The molecule has 0 radical (unpaired) electrons. The Labute approximate surface area is 450 Å². The molecule has 2 saturated heterocycles. The number of carbonyl (C=O) groups is 1. The number of allylic oxidation sites excluding steroid dienone is 2. The van der Waals surface area contributed by atoms with Gasteiger partial charge in [0.15, 0.2) is 12.6 Å². The largest absolute Gasteiger partial charge is 0.457 e. The predicted octanol–water partition coefficient (Wildman–Crippen LogP) is 11.4. The molecule has 0 bridgehead atoms. The molecule has 2 fully saturated rings. The molecule has 11 atom stereocenters. The molecule has 0 spiro atoms. The Balaban J connectivity index is 1.68. The van der Waals surface area contributed by atoms with Gasteiger partial charge in [0.2, 0.25) is 0 Å². The number of unbranched alkanes of at least 4 members (excludes halogenated alkanes) is 35. The number of aliphatic hydroxyl groups excluding tert-OH is 7. The van der Waals surface area contributed by atoms with E-state index < -0.39 is 80.7 Å². The van der Waals surface area contributed by atoms with Gasteiger partial charge in [-0.1, -0.05) is 231 Å². The summed E-state index contributed by atoms with van der Waals surface area (Å²) in [6.07, 6.45) is 37.1. The lowest BCUT2D eigenvalue weighted by Crippen LogP contribution is -2.61. The zero-order valence-corrected chi connectivity index (χ0v) is 47.1. The van der Waals surface area contributed by atoms with Crippen molar-refractivity contribution in [2.75, 3.05) is 33.0 Å². The molecule has 0 aromatic heterocycles. The molecule has 0 amide bonds. The standard InChI is InChI=1S/C60H114O14/c1-3-5-7-9-11-13-15-17-19-21-22-23-24-25-26-28-30-32-34-36-38-40-42-44-69-46-49(72-52(62)43-41-39-37-35-33-31-29-27-20-18-16-14-12-10-8-6-4-2)47-70-59-58(68)56(66)54(64)51(74-59)48-71-60-57(67)55(65)53(63)50(45-61)73-60/h18,20,49-51,53-61,63-68H,3-17,19,21-48H2,1-2H3/b20-18-. The second-order valence-corrected chi connectivity index (χ2v) is 21.9. The normalized spacial score (nSPS) is 24.8. The topological polar surface area (TPSA) is 214 Å². The summed E-state index contributed by atoms with van der Waals surface area (Å²) in [4.78, 5) is 13.1. The highest BCUT2D eigenvalue weighted by Crippen LogP contribution is 2.27. The number of hydrogen-bond acceptors (Lipinski definition) is 14. The van der Waals surface area contributed by atoms with E-state index in [9.17, 15) is 40.5 Å². The predicted molar refractivity (Wildman–Crippen MR) is 294 cm³/mol. The summed E-state index contributed by atoms with van der Waals surface area (Å²) in [6, 6.07) is 0. The molecule has 438 valence electrons. The van der Waals surface area contributed by atoms with Gasteiger partial charge in [0.25, 0.3) is 0 Å². The highest BCUT2D eigenvalue weighted by Gasteiger charge is 2.47. The summed E-state index contributed by atoms with van der Waals surface area (Å²) < 4.78 is 34.4. The Kier molecular flexibility index (Phi) is 44.4. The van der Waals surface area contributed by atoms with Crippen LogP contribution in [0, 0.1) is 0 Å². The van der Waals surface area contributed by atoms with E-state index in [1.54, 1.807) is 0 Å². The van der Waals surface area contributed by atoms with E-state index in [2.05, 4.69) is 26.0 Å². The van der Waals surface area contributed by atoms with Crippen LogP contribution in [0.4, 0.5) is 0 Å². The minimum absolute atomic E-state index is 0.0664. The summed E-state index contributed by atoms with van der Waals surface area (Å²) in [5, 5.41) is 72.4. The van der Waals surface area contributed by atoms with Crippen LogP contribution in [-0.2, 0) is 33.2 Å². The fraction of sp³-hybridized carbons (Fsp3) is 0.950. The fourth-order valence-electron chi connectivity index (χ4n) is 10.0. The third-order valence-corrected chi connectivity index (χ3v) is 15.0. The van der Waals surface area contributed by atoms with Crippen LogP contribution >= 0.6 is 0 Å². The Morgan fingerprint density at radius 1 is 0.432 bits per heavy atom. The van der Waals surface area contributed by atoms with E-state index >= 15 is 0 Å². The average Bonchev–Trinajstić information content (AvgIpc) is 3.40. The van der Waals surface area contributed by atoms with E-state index in [1.807, 2.05) is 0 Å². The molecule has 0 aromatic rings. The molecule has 2 aliphatic heterocycles. The maximum Gasteiger partial charge on any atom is 0.306 e. The van der Waals surface area contributed by atoms with Crippen molar-refractivity contribution in [3.63, 3.8) is 0 Å². The third-order valence-electron chi connectivity index (χ3n) is 15.0. The maximum atomic E-state index is 13.1. The molecule has 11 unspecified atom stereocenters. The molecule has 0 aliphatic carbocycles. The van der Waals surface area contributed by atoms with Crippen molar-refractivity contribution < 1.29 is 69.0 Å². The van der Waals surface area contributed by atoms with Crippen molar-refractivity contribution >= 4 is 5.97 Å². The van der Waals surface area contributed by atoms with Gasteiger partial charge in [0.05, 0.1) is 26.4 Å². The van der Waals surface area contributed by atoms with Crippen LogP contribution < -0.4 is 0 Å². The fourth-order valence-corrected chi connectivity index (χ4v) is 10.0. The van der Waals surface area contributed by atoms with Crippen LogP contribution in [0.3, 0.4) is 0 Å². The highest BCUT2D eigenvalue weighted by atomic mass is 16.7. The second-order valence-electron chi connectivity index (χ2n) is 21.9. The van der Waals surface area contributed by atoms with E-state index in [1.165, 1.54) is 193 Å². The maximum absolute atomic E-state index is 13.1. The van der Waals surface area contributed by atoms with Crippen molar-refractivity contribution in [2.45, 2.75) is 332 Å². The summed E-state index contributed by atoms with van der Waals surface area (Å²) in [7, 11) is 0. The van der Waals surface area contributed by atoms with Crippen LogP contribution in [0.5, 0.6) is 0 Å². The average molecular weight is 1060 g/mol. The zero-order chi connectivity index (χ0) is 53.7. The quantitative estimate of drug-likeness (QED) is 0.0172. The lowest BCUT2D eigenvalue weighted by Gasteiger charge is -2.42. The third kappa shape index (κ3) is 33.9. The van der Waals surface area contributed by atoms with Crippen molar-refractivity contribution in [1.82, 2.24) is 0 Å². The Bertz CT molecular complexity index is 1270. The van der Waals surface area contributed by atoms with Gasteiger partial charge in [0.1, 0.15) is 54.9 Å². The van der Waals surface area contributed by atoms with E-state index in [0.717, 1.165) is 44.9 Å². The summed E-state index contributed by atoms with van der Waals surface area (Å²) in [6.45, 7) is 3.74. The number of ether oxygens (including phenoxy) is 6. The second kappa shape index (κ2) is 47.7. The number of esters is 1. The van der Waals surface area contributed by atoms with Crippen LogP contribution in [-0.4, -0.2) is 142 Å². The van der Waals surface area contributed by atoms with Gasteiger partial charge in [-0.2, -0.15) is 0 Å². The first-order valence-corrected chi connectivity index (χ1v) is 30.8. The minimum atomic E-state index is -1.70. The van der Waals surface area contributed by atoms with Gasteiger partial charge in [-0.25, -0.2) is 0 Å². The van der Waals surface area contributed by atoms with Gasteiger partial charge in [-0.15, -0.1) is 0 Å². The number of aliphatic hydroxyl groups is 7. The zero-order valence-electron chi connectivity index (χ0n) is 47.1. The monoisotopic (exact) mass is 1060 g/mol. The highest BCUT2D eigenvalue weighted by molar-refractivity contribution is 5.69. The Morgan fingerprint density at radius 2 is 0.797 bits per heavy atom. The van der Waals surface area contributed by atoms with Gasteiger partial charge >= 0.3 is 5.97 Å². The molecule has 2 rings (SSSR count). The molecule has 2 heterocycles. The van der Waals surface area contributed by atoms with E-state index in [4.69, 9.17) is 28.4 Å². The molecule has 74 heavy (non-hydrogen) atoms. The molecule has 7 N–H and O–H groups in total. The molecule has 2 aliphatic rings. The lowest BCUT2D eigenvalue weighted by molar-refractivity contribution is -0.332. The first-order chi connectivity index (χ1) is 36.1. The summed E-state index contributed by atoms with van der Waals surface area (Å²) in [5.74, 6) is -0.374. The van der Waals surface area contributed by atoms with Crippen molar-refractivity contribution in [3.05, 3.63) is 12.2 Å². The van der Waals surface area contributed by atoms with Crippen molar-refractivity contribution in [3.8, 4) is 0 Å². The van der Waals surface area contributed by atoms with Crippen LogP contribution in [0.25, 0.3) is 0 Å². The van der Waals surface area contributed by atoms with E-state index in [-0.39, 0.29) is 25.6 Å². The molecular formula is C60H114O14. The SMILES string of the molecule is CCCCCCCC/C=C\CCCCCCCCCC(=O)OC(COCCCCCCCCCCCCCCCCCCCCCCCCC)COC1OC(COC2OC(CO)C(O)C(O)C2O)C(O)C(O)C1O. The summed E-state index contributed by atoms with van der Waals surface area (Å²) >= 11 is 0. The molecule has 14 nitrogen and oxygen atoms in total. The van der Waals surface area contributed by atoms with Gasteiger partial charge in [0, 0.05) is 13.0 Å². The molecule has 14 heteroatoms. The lowest BCUT2D eigenvalue weighted by atomic mass is 9.98. The smallest absolute Gasteiger partial charge is 0.306 e. The van der Waals surface area contributed by atoms with Gasteiger partial charge in [-0.3, -0.25) is 4.79 Å². The van der Waals surface area contributed by atoms with Crippen molar-refractivity contribution in [1.29, 1.82) is 0 Å². The minimum Gasteiger partial charge on any atom is -0.457 e. The first-order valence-electron chi connectivity index (χ1n) is 30.8. The Hall–Kier alpha value is -1.27. The van der Waals surface area contributed by atoms with Crippen LogP contribution in [0.2, 0.25) is 0 Å².